The fourth-order valence-corrected chi connectivity index (χ4v) is 5.20. The molecule has 1 aromatic heterocycles. The molecule has 1 saturated heterocycles. The zero-order valence-corrected chi connectivity index (χ0v) is 19.2. The molecule has 1 fully saturated rings. The molecule has 1 aliphatic heterocycles. The predicted molar refractivity (Wildman–Crippen MR) is 127 cm³/mol. The van der Waals surface area contributed by atoms with Crippen molar-refractivity contribution in [2.24, 2.45) is 11.3 Å². The second-order valence-electron chi connectivity index (χ2n) is 9.40. The van der Waals surface area contributed by atoms with Gasteiger partial charge in [0.05, 0.1) is 5.41 Å². The average Bonchev–Trinajstić information content (AvgIpc) is 3.33. The van der Waals surface area contributed by atoms with Gasteiger partial charge in [-0.15, -0.1) is 0 Å². The largest absolute Gasteiger partial charge is 0.348 e. The van der Waals surface area contributed by atoms with Crippen LogP contribution in [0.5, 0.6) is 0 Å². The summed E-state index contributed by atoms with van der Waals surface area (Å²) >= 11 is 0. The third-order valence-corrected chi connectivity index (χ3v) is 7.02. The van der Waals surface area contributed by atoms with E-state index < -0.39 is 5.41 Å². The van der Waals surface area contributed by atoms with Crippen molar-refractivity contribution in [3.8, 4) is 11.1 Å². The third kappa shape index (κ3) is 4.77. The number of nitrogens with zero attached hydrogens (tertiary/aromatic N) is 3. The summed E-state index contributed by atoms with van der Waals surface area (Å²) in [6, 6.07) is 12.4. The molecule has 0 spiro atoms. The number of likely N-dealkylation sites (tertiary alicyclic amines) is 1. The van der Waals surface area contributed by atoms with Gasteiger partial charge < -0.3 is 9.80 Å². The minimum atomic E-state index is -0.489. The molecule has 2 heterocycles. The summed E-state index contributed by atoms with van der Waals surface area (Å²) < 4.78 is 0. The normalized spacial score (nSPS) is 19.7. The number of rotatable bonds is 6. The van der Waals surface area contributed by atoms with Crippen LogP contribution in [0, 0.1) is 11.3 Å². The Bertz CT molecular complexity index is 975. The summed E-state index contributed by atoms with van der Waals surface area (Å²) in [6.07, 6.45) is 12.8. The number of pyridine rings is 1. The number of aromatic nitrogens is 1. The summed E-state index contributed by atoms with van der Waals surface area (Å²) in [5.41, 5.74) is 2.94. The highest BCUT2D eigenvalue weighted by molar-refractivity contribution is 5.84. The zero-order valence-electron chi connectivity index (χ0n) is 19.2. The van der Waals surface area contributed by atoms with Crippen LogP contribution in [0.1, 0.15) is 37.7 Å². The maximum absolute atomic E-state index is 13.4. The van der Waals surface area contributed by atoms with E-state index in [1.54, 1.807) is 17.3 Å². The summed E-state index contributed by atoms with van der Waals surface area (Å²) in [5, 5.41) is 0. The molecule has 0 bridgehead atoms. The van der Waals surface area contributed by atoms with E-state index >= 15 is 0 Å². The van der Waals surface area contributed by atoms with Gasteiger partial charge in [0.2, 0.25) is 11.8 Å². The number of benzene rings is 1. The highest BCUT2D eigenvalue weighted by Gasteiger charge is 2.43. The predicted octanol–water partition coefficient (Wildman–Crippen LogP) is 4.34. The lowest BCUT2D eigenvalue weighted by Crippen LogP contribution is -2.51. The van der Waals surface area contributed by atoms with Gasteiger partial charge in [-0.05, 0) is 66.8 Å². The molecule has 0 radical (unpaired) electrons. The monoisotopic (exact) mass is 431 g/mol. The summed E-state index contributed by atoms with van der Waals surface area (Å²) in [5.74, 6) is 0.766. The van der Waals surface area contributed by atoms with Crippen LogP contribution in [-0.4, -0.2) is 53.8 Å². The quantitative estimate of drug-likeness (QED) is 0.639. The Morgan fingerprint density at radius 3 is 2.47 bits per heavy atom. The molecule has 4 rings (SSSR count). The number of carbonyl (C=O) groups excluding carboxylic acids is 2. The molecule has 2 aliphatic rings. The van der Waals surface area contributed by atoms with Gasteiger partial charge in [-0.3, -0.25) is 14.6 Å². The first-order valence-electron chi connectivity index (χ1n) is 11.6. The summed E-state index contributed by atoms with van der Waals surface area (Å²) in [4.78, 5) is 34.1. The lowest BCUT2D eigenvalue weighted by Gasteiger charge is -2.42. The SMILES string of the molecule is CN(C)C(=O)C1(Cc2ccccc2-c2ccncc2)CCN(C(=O)C[C@H]2C=CCC2)CC1. The maximum Gasteiger partial charge on any atom is 0.228 e. The van der Waals surface area contributed by atoms with Crippen molar-refractivity contribution in [2.45, 2.75) is 38.5 Å². The second kappa shape index (κ2) is 9.68. The van der Waals surface area contributed by atoms with Gasteiger partial charge in [0, 0.05) is 46.0 Å². The molecular weight excluding hydrogens is 398 g/mol. The van der Waals surface area contributed by atoms with Crippen molar-refractivity contribution in [2.75, 3.05) is 27.2 Å². The van der Waals surface area contributed by atoms with E-state index in [1.165, 1.54) is 5.56 Å². The lowest BCUT2D eigenvalue weighted by molar-refractivity contribution is -0.146. The molecule has 1 aromatic carbocycles. The average molecular weight is 432 g/mol. The molecule has 2 aromatic rings. The third-order valence-electron chi connectivity index (χ3n) is 7.02. The number of piperidine rings is 1. The van der Waals surface area contributed by atoms with Crippen LogP contribution in [0.2, 0.25) is 0 Å². The van der Waals surface area contributed by atoms with E-state index in [9.17, 15) is 9.59 Å². The highest BCUT2D eigenvalue weighted by atomic mass is 16.2. The molecule has 0 N–H and O–H groups in total. The maximum atomic E-state index is 13.4. The van der Waals surface area contributed by atoms with Gasteiger partial charge in [-0.2, -0.15) is 0 Å². The van der Waals surface area contributed by atoms with Crippen LogP contribution >= 0.6 is 0 Å². The first-order chi connectivity index (χ1) is 15.5. The van der Waals surface area contributed by atoms with E-state index in [0.717, 1.165) is 24.0 Å². The number of hydrogen-bond donors (Lipinski definition) is 0. The van der Waals surface area contributed by atoms with E-state index in [-0.39, 0.29) is 11.8 Å². The number of amides is 2. The van der Waals surface area contributed by atoms with Gasteiger partial charge in [-0.25, -0.2) is 0 Å². The number of carbonyl (C=O) groups is 2. The highest BCUT2D eigenvalue weighted by Crippen LogP contribution is 2.39. The zero-order chi connectivity index (χ0) is 22.6. The minimum absolute atomic E-state index is 0.160. The first kappa shape index (κ1) is 22.3. The van der Waals surface area contributed by atoms with Crippen LogP contribution in [-0.2, 0) is 16.0 Å². The molecule has 0 unspecified atom stereocenters. The van der Waals surface area contributed by atoms with Crippen LogP contribution in [0.15, 0.2) is 60.9 Å². The summed E-state index contributed by atoms with van der Waals surface area (Å²) in [6.45, 7) is 1.29. The van der Waals surface area contributed by atoms with E-state index in [2.05, 4.69) is 29.3 Å². The lowest BCUT2D eigenvalue weighted by atomic mass is 9.71. The van der Waals surface area contributed by atoms with Crippen molar-refractivity contribution in [3.63, 3.8) is 0 Å². The number of allylic oxidation sites excluding steroid dienone is 2. The van der Waals surface area contributed by atoms with Crippen molar-refractivity contribution in [1.29, 1.82) is 0 Å². The Hall–Kier alpha value is -2.95. The van der Waals surface area contributed by atoms with Crippen LogP contribution in [0.4, 0.5) is 0 Å². The molecule has 2 amide bonds. The molecule has 5 nitrogen and oxygen atoms in total. The fraction of sp³-hybridized carbons (Fsp3) is 0.444. The fourth-order valence-electron chi connectivity index (χ4n) is 5.20. The van der Waals surface area contributed by atoms with Crippen molar-refractivity contribution < 1.29 is 9.59 Å². The Morgan fingerprint density at radius 1 is 1.09 bits per heavy atom. The van der Waals surface area contributed by atoms with Gasteiger partial charge in [0.25, 0.3) is 0 Å². The van der Waals surface area contributed by atoms with Gasteiger partial charge in [-0.1, -0.05) is 36.4 Å². The number of hydrogen-bond acceptors (Lipinski definition) is 3. The molecule has 1 aliphatic carbocycles. The Balaban J connectivity index is 1.54. The molecule has 168 valence electrons. The Labute approximate surface area is 191 Å². The van der Waals surface area contributed by atoms with E-state index in [1.807, 2.05) is 43.3 Å². The standard InChI is InChI=1S/C27H33N3O2/c1-29(2)26(32)27(13-17-30(18-14-27)25(31)19-21-7-3-4-8-21)20-23-9-5-6-10-24(23)22-11-15-28-16-12-22/h3,5-7,9-12,15-16,21H,4,8,13-14,17-20H2,1-2H3/t21-/m0/s1. The van der Waals surface area contributed by atoms with Crippen molar-refractivity contribution in [3.05, 3.63) is 66.5 Å². The van der Waals surface area contributed by atoms with Crippen molar-refractivity contribution in [1.82, 2.24) is 14.8 Å². The molecule has 5 heteroatoms. The molecule has 1 atom stereocenters. The van der Waals surface area contributed by atoms with Crippen LogP contribution < -0.4 is 0 Å². The van der Waals surface area contributed by atoms with Crippen LogP contribution in [0.25, 0.3) is 11.1 Å². The Kier molecular flexibility index (Phi) is 6.73. The van der Waals surface area contributed by atoms with E-state index in [0.29, 0.717) is 44.7 Å². The minimum Gasteiger partial charge on any atom is -0.348 e. The molecule has 0 saturated carbocycles. The van der Waals surface area contributed by atoms with Crippen molar-refractivity contribution >= 4 is 11.8 Å². The Morgan fingerprint density at radius 2 is 1.81 bits per heavy atom. The van der Waals surface area contributed by atoms with Gasteiger partial charge in [0.15, 0.2) is 0 Å². The van der Waals surface area contributed by atoms with E-state index in [4.69, 9.17) is 0 Å². The summed E-state index contributed by atoms with van der Waals surface area (Å²) in [7, 11) is 3.67. The smallest absolute Gasteiger partial charge is 0.228 e. The second-order valence-corrected chi connectivity index (χ2v) is 9.40. The van der Waals surface area contributed by atoms with Gasteiger partial charge in [0.1, 0.15) is 0 Å². The van der Waals surface area contributed by atoms with Crippen LogP contribution in [0.3, 0.4) is 0 Å². The molecular formula is C27H33N3O2. The molecule has 32 heavy (non-hydrogen) atoms. The topological polar surface area (TPSA) is 53.5 Å². The van der Waals surface area contributed by atoms with Gasteiger partial charge >= 0.3 is 0 Å². The first-order valence-corrected chi connectivity index (χ1v) is 11.6.